The molecule has 1 rings (SSSR count). The van der Waals surface area contributed by atoms with E-state index >= 15 is 0 Å². The van der Waals surface area contributed by atoms with Crippen LogP contribution < -0.4 is 4.74 Å². The second-order valence-corrected chi connectivity index (χ2v) is 3.46. The van der Waals surface area contributed by atoms with Crippen LogP contribution in [0, 0.1) is 17.1 Å². The van der Waals surface area contributed by atoms with Crippen LogP contribution >= 0.6 is 0 Å². The number of nitrogens with zero attached hydrogens (tertiary/aromatic N) is 1. The summed E-state index contributed by atoms with van der Waals surface area (Å²) in [6.45, 7) is 2.48. The van der Waals surface area contributed by atoms with E-state index < -0.39 is 5.82 Å². The molecule has 0 heterocycles. The number of nitriles is 1. The number of hydrogen-bond donors (Lipinski definition) is 0. The lowest BCUT2D eigenvalue weighted by molar-refractivity contribution is 0.135. The Morgan fingerprint density at radius 2 is 2.25 bits per heavy atom. The normalized spacial score (nSPS) is 11.9. The van der Waals surface area contributed by atoms with Crippen molar-refractivity contribution in [3.05, 3.63) is 29.6 Å². The Hall–Kier alpha value is -1.60. The molecule has 86 valence electrons. The van der Waals surface area contributed by atoms with Crippen molar-refractivity contribution in [3.63, 3.8) is 0 Å². The first-order valence-electron chi connectivity index (χ1n) is 5.02. The van der Waals surface area contributed by atoms with E-state index in [0.29, 0.717) is 12.4 Å². The van der Waals surface area contributed by atoms with Gasteiger partial charge < -0.3 is 9.47 Å². The highest BCUT2D eigenvalue weighted by molar-refractivity contribution is 5.36. The van der Waals surface area contributed by atoms with E-state index in [1.54, 1.807) is 19.2 Å². The monoisotopic (exact) mass is 223 g/mol. The Bertz CT molecular complexity index is 387. The Morgan fingerprint density at radius 1 is 1.50 bits per heavy atom. The summed E-state index contributed by atoms with van der Waals surface area (Å²) in [5.74, 6) is -0.126. The molecule has 0 fully saturated rings. The summed E-state index contributed by atoms with van der Waals surface area (Å²) in [5, 5.41) is 8.56. The third-order valence-corrected chi connectivity index (χ3v) is 2.13. The van der Waals surface area contributed by atoms with Crippen molar-refractivity contribution in [1.82, 2.24) is 0 Å². The van der Waals surface area contributed by atoms with E-state index in [9.17, 15) is 4.39 Å². The van der Waals surface area contributed by atoms with Crippen molar-refractivity contribution in [1.29, 1.82) is 5.26 Å². The number of methoxy groups -OCH3 is 1. The third kappa shape index (κ3) is 3.52. The zero-order chi connectivity index (χ0) is 12.0. The maximum atomic E-state index is 13.2. The third-order valence-electron chi connectivity index (χ3n) is 2.13. The molecule has 0 saturated heterocycles. The summed E-state index contributed by atoms with van der Waals surface area (Å²) >= 11 is 0. The van der Waals surface area contributed by atoms with Gasteiger partial charge in [0.1, 0.15) is 17.6 Å². The second-order valence-electron chi connectivity index (χ2n) is 3.46. The van der Waals surface area contributed by atoms with E-state index in [4.69, 9.17) is 14.7 Å². The molecular formula is C12H14FNO2. The fourth-order valence-corrected chi connectivity index (χ4v) is 1.23. The molecule has 1 unspecified atom stereocenters. The predicted molar refractivity (Wildman–Crippen MR) is 57.7 cm³/mol. The predicted octanol–water partition coefficient (Wildman–Crippen LogP) is 2.50. The van der Waals surface area contributed by atoms with Gasteiger partial charge in [0.15, 0.2) is 0 Å². The van der Waals surface area contributed by atoms with Gasteiger partial charge in [-0.2, -0.15) is 5.26 Å². The van der Waals surface area contributed by atoms with Gasteiger partial charge in [-0.15, -0.1) is 0 Å². The van der Waals surface area contributed by atoms with Gasteiger partial charge in [0.25, 0.3) is 0 Å². The summed E-state index contributed by atoms with van der Waals surface area (Å²) < 4.78 is 23.6. The molecule has 0 spiro atoms. The fourth-order valence-electron chi connectivity index (χ4n) is 1.23. The second kappa shape index (κ2) is 6.09. The summed E-state index contributed by atoms with van der Waals surface area (Å²) in [7, 11) is 1.62. The smallest absolute Gasteiger partial charge is 0.144 e. The average molecular weight is 223 g/mol. The van der Waals surface area contributed by atoms with Gasteiger partial charge in [-0.05, 0) is 19.1 Å². The van der Waals surface area contributed by atoms with Gasteiger partial charge in [-0.3, -0.25) is 0 Å². The Balaban J connectivity index is 2.61. The lowest BCUT2D eigenvalue weighted by Crippen LogP contribution is -2.14. The van der Waals surface area contributed by atoms with E-state index in [0.717, 1.165) is 6.42 Å². The molecule has 0 aliphatic rings. The molecule has 0 aliphatic carbocycles. The van der Waals surface area contributed by atoms with Gasteiger partial charge in [0.2, 0.25) is 0 Å². The minimum absolute atomic E-state index is 0.0249. The molecule has 0 aliphatic heterocycles. The summed E-state index contributed by atoms with van der Waals surface area (Å²) in [5.41, 5.74) is 0.0249. The minimum Gasteiger partial charge on any atom is -0.491 e. The molecule has 1 aromatic carbocycles. The van der Waals surface area contributed by atoms with Crippen LogP contribution in [0.4, 0.5) is 4.39 Å². The maximum absolute atomic E-state index is 13.2. The molecule has 0 amide bonds. The molecule has 3 nitrogen and oxygen atoms in total. The van der Waals surface area contributed by atoms with Crippen LogP contribution in [-0.2, 0) is 4.74 Å². The zero-order valence-corrected chi connectivity index (χ0v) is 9.37. The van der Waals surface area contributed by atoms with Crippen molar-refractivity contribution < 1.29 is 13.9 Å². The minimum atomic E-state index is -0.557. The van der Waals surface area contributed by atoms with Crippen molar-refractivity contribution in [3.8, 4) is 11.8 Å². The van der Waals surface area contributed by atoms with Crippen LogP contribution in [0.2, 0.25) is 0 Å². The van der Waals surface area contributed by atoms with Crippen molar-refractivity contribution in [2.24, 2.45) is 0 Å². The van der Waals surface area contributed by atoms with Crippen LogP contribution in [0.15, 0.2) is 18.2 Å². The lowest BCUT2D eigenvalue weighted by Gasteiger charge is -2.14. The topological polar surface area (TPSA) is 42.2 Å². The molecular weight excluding hydrogens is 209 g/mol. The number of ether oxygens (including phenoxy) is 2. The molecule has 0 N–H and O–H groups in total. The first kappa shape index (κ1) is 12.5. The van der Waals surface area contributed by atoms with Crippen molar-refractivity contribution in [2.45, 2.75) is 19.4 Å². The lowest BCUT2D eigenvalue weighted by atomic mass is 10.2. The SMILES string of the molecule is COCCC(C)Oc1ccc(C#N)c(F)c1. The number of benzene rings is 1. The Morgan fingerprint density at radius 3 is 2.81 bits per heavy atom. The Kier molecular flexibility index (Phi) is 4.74. The van der Waals surface area contributed by atoms with Crippen molar-refractivity contribution in [2.75, 3.05) is 13.7 Å². The van der Waals surface area contributed by atoms with Crippen LogP contribution in [0.1, 0.15) is 18.9 Å². The highest BCUT2D eigenvalue weighted by Gasteiger charge is 2.07. The van der Waals surface area contributed by atoms with Gasteiger partial charge in [0, 0.05) is 26.2 Å². The Labute approximate surface area is 94.4 Å². The van der Waals surface area contributed by atoms with E-state index in [1.165, 1.54) is 12.1 Å². The molecule has 1 aromatic rings. The summed E-state index contributed by atoms with van der Waals surface area (Å²) in [6.07, 6.45) is 0.685. The van der Waals surface area contributed by atoms with Gasteiger partial charge in [0.05, 0.1) is 11.7 Å². The molecule has 0 radical (unpaired) electrons. The average Bonchev–Trinajstić information content (AvgIpc) is 2.26. The summed E-state index contributed by atoms with van der Waals surface area (Å²) in [6, 6.07) is 5.98. The highest BCUT2D eigenvalue weighted by Crippen LogP contribution is 2.17. The van der Waals surface area contributed by atoms with Gasteiger partial charge in [-0.25, -0.2) is 4.39 Å². The van der Waals surface area contributed by atoms with Gasteiger partial charge >= 0.3 is 0 Å². The van der Waals surface area contributed by atoms with Crippen LogP contribution in [0.25, 0.3) is 0 Å². The fraction of sp³-hybridized carbons (Fsp3) is 0.417. The molecule has 16 heavy (non-hydrogen) atoms. The number of halogens is 1. The first-order chi connectivity index (χ1) is 7.67. The summed E-state index contributed by atoms with van der Waals surface area (Å²) in [4.78, 5) is 0. The standard InChI is InChI=1S/C12H14FNO2/c1-9(5-6-15-2)16-11-4-3-10(8-14)12(13)7-11/h3-4,7,9H,5-6H2,1-2H3. The highest BCUT2D eigenvalue weighted by atomic mass is 19.1. The maximum Gasteiger partial charge on any atom is 0.144 e. The number of rotatable bonds is 5. The molecule has 0 saturated carbocycles. The quantitative estimate of drug-likeness (QED) is 0.770. The number of hydrogen-bond acceptors (Lipinski definition) is 3. The van der Waals surface area contributed by atoms with E-state index in [-0.39, 0.29) is 11.7 Å². The van der Waals surface area contributed by atoms with Crippen LogP contribution in [-0.4, -0.2) is 19.8 Å². The molecule has 4 heteroatoms. The first-order valence-corrected chi connectivity index (χ1v) is 5.02. The molecule has 0 aromatic heterocycles. The largest absolute Gasteiger partial charge is 0.491 e. The van der Waals surface area contributed by atoms with E-state index in [2.05, 4.69) is 0 Å². The van der Waals surface area contributed by atoms with E-state index in [1.807, 2.05) is 6.92 Å². The molecule has 1 atom stereocenters. The van der Waals surface area contributed by atoms with Crippen molar-refractivity contribution >= 4 is 0 Å². The zero-order valence-electron chi connectivity index (χ0n) is 9.37. The van der Waals surface area contributed by atoms with Crippen LogP contribution in [0.3, 0.4) is 0 Å². The molecule has 0 bridgehead atoms. The van der Waals surface area contributed by atoms with Crippen LogP contribution in [0.5, 0.6) is 5.75 Å². The van der Waals surface area contributed by atoms with Gasteiger partial charge in [-0.1, -0.05) is 0 Å².